The molecule has 0 aliphatic rings. The molecule has 0 fully saturated rings. The summed E-state index contributed by atoms with van der Waals surface area (Å²) < 4.78 is 0. The normalized spacial score (nSPS) is 11.9. The lowest BCUT2D eigenvalue weighted by Crippen LogP contribution is -2.32. The maximum absolute atomic E-state index is 11.9. The van der Waals surface area contributed by atoms with E-state index >= 15 is 0 Å². The van der Waals surface area contributed by atoms with Gasteiger partial charge in [0.15, 0.2) is 0 Å². The van der Waals surface area contributed by atoms with Gasteiger partial charge in [-0.15, -0.1) is 0 Å². The summed E-state index contributed by atoms with van der Waals surface area (Å²) in [5, 5.41) is 6.29. The summed E-state index contributed by atoms with van der Waals surface area (Å²) in [5.41, 5.74) is 2.16. The average molecular weight is 282 g/mol. The molecular formula is C18H22N2O. The average Bonchev–Trinajstić information content (AvgIpc) is 2.49. The highest BCUT2D eigenvalue weighted by Crippen LogP contribution is 2.06. The third kappa shape index (κ3) is 5.79. The second-order valence-corrected chi connectivity index (χ2v) is 5.21. The Morgan fingerprint density at radius 2 is 1.62 bits per heavy atom. The lowest BCUT2D eigenvalue weighted by molar-refractivity contribution is -0.116. The number of carbonyl (C=O) groups is 1. The van der Waals surface area contributed by atoms with Gasteiger partial charge >= 0.3 is 0 Å². The Bertz CT molecular complexity index is 540. The number of hydrogen-bond donors (Lipinski definition) is 2. The van der Waals surface area contributed by atoms with Crippen LogP contribution in [0.2, 0.25) is 0 Å². The van der Waals surface area contributed by atoms with Crippen molar-refractivity contribution in [2.75, 3.05) is 11.9 Å². The number of anilines is 1. The standard InChI is InChI=1S/C18H22N2O/c1-15(19-13-12-16-8-4-2-5-9-16)14-18(21)20-17-10-6-3-7-11-17/h2-11,15,19H,12-14H2,1H3,(H,20,21). The third-order valence-corrected chi connectivity index (χ3v) is 3.30. The van der Waals surface area contributed by atoms with Crippen molar-refractivity contribution in [2.45, 2.75) is 25.8 Å². The Labute approximate surface area is 126 Å². The van der Waals surface area contributed by atoms with Gasteiger partial charge in [0.05, 0.1) is 0 Å². The van der Waals surface area contributed by atoms with E-state index in [1.54, 1.807) is 0 Å². The predicted octanol–water partition coefficient (Wildman–Crippen LogP) is 3.24. The van der Waals surface area contributed by atoms with Crippen LogP contribution in [0.15, 0.2) is 60.7 Å². The Hall–Kier alpha value is -2.13. The largest absolute Gasteiger partial charge is 0.326 e. The number of carbonyl (C=O) groups excluding carboxylic acids is 1. The van der Waals surface area contributed by atoms with Crippen LogP contribution in [0.3, 0.4) is 0 Å². The molecule has 2 aromatic rings. The van der Waals surface area contributed by atoms with Gasteiger partial charge in [0.1, 0.15) is 0 Å². The van der Waals surface area contributed by atoms with E-state index in [1.165, 1.54) is 5.56 Å². The van der Waals surface area contributed by atoms with E-state index in [9.17, 15) is 4.79 Å². The molecule has 1 unspecified atom stereocenters. The van der Waals surface area contributed by atoms with Crippen LogP contribution >= 0.6 is 0 Å². The van der Waals surface area contributed by atoms with Gasteiger partial charge in [0.25, 0.3) is 0 Å². The summed E-state index contributed by atoms with van der Waals surface area (Å²) in [6.45, 7) is 2.92. The molecule has 1 amide bonds. The second-order valence-electron chi connectivity index (χ2n) is 5.21. The van der Waals surface area contributed by atoms with Gasteiger partial charge in [-0.25, -0.2) is 0 Å². The summed E-state index contributed by atoms with van der Waals surface area (Å²) in [7, 11) is 0. The van der Waals surface area contributed by atoms with E-state index in [2.05, 4.69) is 22.8 Å². The first-order valence-corrected chi connectivity index (χ1v) is 7.36. The number of benzene rings is 2. The van der Waals surface area contributed by atoms with Gasteiger partial charge in [-0.05, 0) is 37.6 Å². The summed E-state index contributed by atoms with van der Waals surface area (Å²) in [5.74, 6) is 0.0425. The fraction of sp³-hybridized carbons (Fsp3) is 0.278. The molecule has 3 nitrogen and oxygen atoms in total. The lowest BCUT2D eigenvalue weighted by Gasteiger charge is -2.13. The zero-order valence-corrected chi connectivity index (χ0v) is 12.4. The van der Waals surface area contributed by atoms with E-state index in [0.29, 0.717) is 6.42 Å². The topological polar surface area (TPSA) is 41.1 Å². The van der Waals surface area contributed by atoms with Crippen molar-refractivity contribution in [3.05, 3.63) is 66.2 Å². The number of nitrogens with one attached hydrogen (secondary N) is 2. The van der Waals surface area contributed by atoms with E-state index in [1.807, 2.05) is 55.5 Å². The summed E-state index contributed by atoms with van der Waals surface area (Å²) >= 11 is 0. The fourth-order valence-electron chi connectivity index (χ4n) is 2.19. The van der Waals surface area contributed by atoms with Gasteiger partial charge in [0, 0.05) is 18.2 Å². The maximum atomic E-state index is 11.9. The number of para-hydroxylation sites is 1. The zero-order valence-electron chi connectivity index (χ0n) is 12.4. The molecule has 1 atom stereocenters. The molecule has 0 aromatic heterocycles. The molecule has 0 aliphatic heterocycles. The maximum Gasteiger partial charge on any atom is 0.225 e. The van der Waals surface area contributed by atoms with Crippen LogP contribution in [0.4, 0.5) is 5.69 Å². The molecule has 0 saturated carbocycles. The van der Waals surface area contributed by atoms with Crippen LogP contribution in [-0.2, 0) is 11.2 Å². The summed E-state index contributed by atoms with van der Waals surface area (Å²) in [4.78, 5) is 11.9. The monoisotopic (exact) mass is 282 g/mol. The van der Waals surface area contributed by atoms with Gasteiger partial charge < -0.3 is 10.6 Å². The lowest BCUT2D eigenvalue weighted by atomic mass is 10.1. The molecule has 0 saturated heterocycles. The van der Waals surface area contributed by atoms with Crippen molar-refractivity contribution >= 4 is 11.6 Å². The molecule has 0 spiro atoms. The Kier molecular flexibility index (Phi) is 5.98. The minimum absolute atomic E-state index is 0.0425. The fourth-order valence-corrected chi connectivity index (χ4v) is 2.19. The Morgan fingerprint density at radius 3 is 2.29 bits per heavy atom. The first-order chi connectivity index (χ1) is 10.2. The molecule has 3 heteroatoms. The molecule has 2 aromatic carbocycles. The number of amides is 1. The molecule has 0 aliphatic carbocycles. The highest BCUT2D eigenvalue weighted by Gasteiger charge is 2.08. The SMILES string of the molecule is CC(CC(=O)Nc1ccccc1)NCCc1ccccc1. The molecular weight excluding hydrogens is 260 g/mol. The number of hydrogen-bond acceptors (Lipinski definition) is 2. The second kappa shape index (κ2) is 8.22. The van der Waals surface area contributed by atoms with E-state index in [4.69, 9.17) is 0 Å². The van der Waals surface area contributed by atoms with Crippen molar-refractivity contribution in [3.8, 4) is 0 Å². The Balaban J connectivity index is 1.67. The quantitative estimate of drug-likeness (QED) is 0.818. The van der Waals surface area contributed by atoms with Crippen molar-refractivity contribution < 1.29 is 4.79 Å². The van der Waals surface area contributed by atoms with Gasteiger partial charge in [-0.1, -0.05) is 48.5 Å². The summed E-state index contributed by atoms with van der Waals surface area (Å²) in [6, 6.07) is 20.1. The Morgan fingerprint density at radius 1 is 1.00 bits per heavy atom. The smallest absolute Gasteiger partial charge is 0.225 e. The minimum atomic E-state index is 0.0425. The van der Waals surface area contributed by atoms with Gasteiger partial charge in [-0.3, -0.25) is 4.79 Å². The molecule has 110 valence electrons. The van der Waals surface area contributed by atoms with Crippen LogP contribution in [-0.4, -0.2) is 18.5 Å². The molecule has 0 radical (unpaired) electrons. The first kappa shape index (κ1) is 15.3. The van der Waals surface area contributed by atoms with Crippen LogP contribution in [0.25, 0.3) is 0 Å². The van der Waals surface area contributed by atoms with Crippen LogP contribution in [0.5, 0.6) is 0 Å². The minimum Gasteiger partial charge on any atom is -0.326 e. The predicted molar refractivity (Wildman–Crippen MR) is 87.3 cm³/mol. The zero-order chi connectivity index (χ0) is 14.9. The van der Waals surface area contributed by atoms with E-state index < -0.39 is 0 Å². The van der Waals surface area contributed by atoms with Crippen molar-refractivity contribution in [3.63, 3.8) is 0 Å². The highest BCUT2D eigenvalue weighted by molar-refractivity contribution is 5.90. The van der Waals surface area contributed by atoms with E-state index in [0.717, 1.165) is 18.7 Å². The van der Waals surface area contributed by atoms with Gasteiger partial charge in [0.2, 0.25) is 5.91 Å². The van der Waals surface area contributed by atoms with Crippen LogP contribution in [0.1, 0.15) is 18.9 Å². The number of rotatable bonds is 7. The molecule has 0 heterocycles. The molecule has 2 N–H and O–H groups in total. The molecule has 2 rings (SSSR count). The van der Waals surface area contributed by atoms with Crippen molar-refractivity contribution in [1.29, 1.82) is 0 Å². The highest BCUT2D eigenvalue weighted by atomic mass is 16.1. The first-order valence-electron chi connectivity index (χ1n) is 7.36. The van der Waals surface area contributed by atoms with Crippen LogP contribution < -0.4 is 10.6 Å². The van der Waals surface area contributed by atoms with Crippen molar-refractivity contribution in [2.24, 2.45) is 0 Å². The summed E-state index contributed by atoms with van der Waals surface area (Å²) in [6.07, 6.45) is 1.45. The van der Waals surface area contributed by atoms with Crippen molar-refractivity contribution in [1.82, 2.24) is 5.32 Å². The molecule has 21 heavy (non-hydrogen) atoms. The van der Waals surface area contributed by atoms with E-state index in [-0.39, 0.29) is 11.9 Å². The third-order valence-electron chi connectivity index (χ3n) is 3.30. The van der Waals surface area contributed by atoms with Gasteiger partial charge in [-0.2, -0.15) is 0 Å². The van der Waals surface area contributed by atoms with Crippen LogP contribution in [0, 0.1) is 0 Å². The molecule has 0 bridgehead atoms.